The van der Waals surface area contributed by atoms with Crippen LogP contribution in [0.2, 0.25) is 0 Å². The first-order valence-electron chi connectivity index (χ1n) is 3.56. The Bertz CT molecular complexity index is 198. The molecular weight excluding hydrogens is 122 g/mol. The fraction of sp³-hybridized carbons (Fsp3) is 0.444. The normalized spacial score (nSPS) is 10.8. The van der Waals surface area contributed by atoms with Gasteiger partial charge in [-0.25, -0.2) is 12.1 Å². The van der Waals surface area contributed by atoms with E-state index >= 15 is 0 Å². The molecule has 56 valence electrons. The van der Waals surface area contributed by atoms with Gasteiger partial charge in [-0.15, -0.1) is 0 Å². The number of aryl methyl sites for hydroxylation is 1. The van der Waals surface area contributed by atoms with Crippen molar-refractivity contribution in [3.8, 4) is 0 Å². The number of hydrogen-bond acceptors (Lipinski definition) is 1. The van der Waals surface area contributed by atoms with Gasteiger partial charge in [0.25, 0.3) is 0 Å². The number of nitrogens with zero attached hydrogens (tertiary/aromatic N) is 1. The average molecular weight is 136 g/mol. The minimum absolute atomic E-state index is 1.05. The summed E-state index contributed by atoms with van der Waals surface area (Å²) < 4.78 is 0. The van der Waals surface area contributed by atoms with Crippen molar-refractivity contribution in [2.24, 2.45) is 0 Å². The van der Waals surface area contributed by atoms with Crippen LogP contribution in [0.15, 0.2) is 18.2 Å². The smallest absolute Gasteiger partial charge is 0.000145 e. The Morgan fingerprint density at radius 3 is 2.60 bits per heavy atom. The van der Waals surface area contributed by atoms with E-state index in [4.69, 9.17) is 0 Å². The maximum absolute atomic E-state index is 2.18. The van der Waals surface area contributed by atoms with Crippen molar-refractivity contribution in [3.63, 3.8) is 0 Å². The lowest BCUT2D eigenvalue weighted by atomic mass is 10.2. The van der Waals surface area contributed by atoms with E-state index in [1.165, 1.54) is 11.1 Å². The second-order valence-electron chi connectivity index (χ2n) is 2.97. The fourth-order valence-electron chi connectivity index (χ4n) is 1.07. The van der Waals surface area contributed by atoms with Crippen LogP contribution in [-0.4, -0.2) is 19.0 Å². The van der Waals surface area contributed by atoms with Crippen LogP contribution in [0.3, 0.4) is 0 Å². The molecule has 0 saturated carbocycles. The lowest BCUT2D eigenvalue weighted by Crippen LogP contribution is -2.10. The first-order chi connectivity index (χ1) is 4.70. The van der Waals surface area contributed by atoms with Gasteiger partial charge < -0.3 is 4.90 Å². The van der Waals surface area contributed by atoms with Crippen LogP contribution < -0.4 is 0 Å². The molecule has 0 saturated heterocycles. The summed E-state index contributed by atoms with van der Waals surface area (Å²) in [5.74, 6) is 0. The zero-order valence-corrected chi connectivity index (χ0v) is 6.89. The highest BCUT2D eigenvalue weighted by atomic mass is 15.0. The van der Waals surface area contributed by atoms with Crippen LogP contribution in [0.4, 0.5) is 0 Å². The van der Waals surface area contributed by atoms with Crippen LogP contribution in [-0.2, 0) is 6.54 Å². The van der Waals surface area contributed by atoms with E-state index in [1.807, 2.05) is 0 Å². The summed E-state index contributed by atoms with van der Waals surface area (Å²) >= 11 is 0. The van der Waals surface area contributed by atoms with Gasteiger partial charge in [-0.1, -0.05) is 6.92 Å². The van der Waals surface area contributed by atoms with E-state index in [0.717, 1.165) is 6.54 Å². The van der Waals surface area contributed by atoms with Gasteiger partial charge in [0.2, 0.25) is 0 Å². The van der Waals surface area contributed by atoms with Crippen molar-refractivity contribution in [2.45, 2.75) is 13.5 Å². The standard InChI is InChI=1S/C9H14N/c1-8-5-4-6-9(8)7-10(2)3/h4-6H,7H2,1-3H3/q-1. The van der Waals surface area contributed by atoms with Crippen molar-refractivity contribution >= 4 is 0 Å². The Kier molecular flexibility index (Phi) is 2.17. The summed E-state index contributed by atoms with van der Waals surface area (Å²) in [5.41, 5.74) is 2.83. The van der Waals surface area contributed by atoms with E-state index in [1.54, 1.807) is 0 Å². The highest BCUT2D eigenvalue weighted by molar-refractivity contribution is 5.27. The third kappa shape index (κ3) is 1.64. The summed E-state index contributed by atoms with van der Waals surface area (Å²) in [6.07, 6.45) is 0. The highest BCUT2D eigenvalue weighted by Crippen LogP contribution is 2.09. The van der Waals surface area contributed by atoms with E-state index in [-0.39, 0.29) is 0 Å². The Morgan fingerprint density at radius 2 is 2.20 bits per heavy atom. The second kappa shape index (κ2) is 2.93. The molecule has 0 unspecified atom stereocenters. The van der Waals surface area contributed by atoms with E-state index in [0.29, 0.717) is 0 Å². The van der Waals surface area contributed by atoms with E-state index in [2.05, 4.69) is 44.1 Å². The molecule has 1 heteroatoms. The summed E-state index contributed by atoms with van der Waals surface area (Å²) in [4.78, 5) is 2.18. The molecule has 0 spiro atoms. The summed E-state index contributed by atoms with van der Waals surface area (Å²) in [6.45, 7) is 3.21. The van der Waals surface area contributed by atoms with Crippen molar-refractivity contribution in [2.75, 3.05) is 14.1 Å². The van der Waals surface area contributed by atoms with Gasteiger partial charge in [-0.3, -0.25) is 0 Å². The van der Waals surface area contributed by atoms with Crippen molar-refractivity contribution in [1.29, 1.82) is 0 Å². The monoisotopic (exact) mass is 136 g/mol. The third-order valence-corrected chi connectivity index (χ3v) is 1.64. The molecule has 0 aliphatic carbocycles. The maximum atomic E-state index is 2.18. The Labute approximate surface area is 62.6 Å². The number of hydrogen-bond donors (Lipinski definition) is 0. The van der Waals surface area contributed by atoms with Gasteiger partial charge in [0.15, 0.2) is 0 Å². The minimum Gasteiger partial charge on any atom is -0.307 e. The van der Waals surface area contributed by atoms with E-state index in [9.17, 15) is 0 Å². The molecule has 0 atom stereocenters. The molecule has 0 fully saturated rings. The molecule has 1 rings (SSSR count). The molecule has 1 nitrogen and oxygen atoms in total. The maximum Gasteiger partial charge on any atom is -0.000145 e. The van der Waals surface area contributed by atoms with Gasteiger partial charge >= 0.3 is 0 Å². The third-order valence-electron chi connectivity index (χ3n) is 1.64. The van der Waals surface area contributed by atoms with Gasteiger partial charge in [-0.2, -0.15) is 17.2 Å². The van der Waals surface area contributed by atoms with Crippen molar-refractivity contribution in [3.05, 3.63) is 29.3 Å². The minimum atomic E-state index is 1.05. The molecule has 1 aromatic rings. The SMILES string of the molecule is C[c-]1cccc1CN(C)C. The van der Waals surface area contributed by atoms with Crippen LogP contribution in [0.1, 0.15) is 11.1 Å². The molecule has 0 bridgehead atoms. The quantitative estimate of drug-likeness (QED) is 0.560. The van der Waals surface area contributed by atoms with Crippen LogP contribution in [0.5, 0.6) is 0 Å². The molecule has 0 N–H and O–H groups in total. The van der Waals surface area contributed by atoms with Gasteiger partial charge in [-0.05, 0) is 20.6 Å². The summed E-state index contributed by atoms with van der Waals surface area (Å²) in [5, 5.41) is 0. The Morgan fingerprint density at radius 1 is 1.50 bits per heavy atom. The lowest BCUT2D eigenvalue weighted by molar-refractivity contribution is 0.402. The summed E-state index contributed by atoms with van der Waals surface area (Å²) in [6, 6.07) is 6.43. The van der Waals surface area contributed by atoms with Gasteiger partial charge in [0, 0.05) is 0 Å². The molecule has 0 heterocycles. The molecular formula is C9H14N-. The second-order valence-corrected chi connectivity index (χ2v) is 2.97. The van der Waals surface area contributed by atoms with Crippen LogP contribution >= 0.6 is 0 Å². The lowest BCUT2D eigenvalue weighted by Gasteiger charge is -2.12. The topological polar surface area (TPSA) is 3.24 Å². The molecule has 0 radical (unpaired) electrons. The largest absolute Gasteiger partial charge is 0.307 e. The van der Waals surface area contributed by atoms with Crippen molar-refractivity contribution < 1.29 is 0 Å². The molecule has 0 aliphatic rings. The first-order valence-corrected chi connectivity index (χ1v) is 3.56. The molecule has 10 heavy (non-hydrogen) atoms. The van der Waals surface area contributed by atoms with E-state index < -0.39 is 0 Å². The summed E-state index contributed by atoms with van der Waals surface area (Å²) in [7, 11) is 4.18. The fourth-order valence-corrected chi connectivity index (χ4v) is 1.07. The number of rotatable bonds is 2. The first kappa shape index (κ1) is 7.42. The predicted octanol–water partition coefficient (Wildman–Crippen LogP) is 1.78. The zero-order valence-electron chi connectivity index (χ0n) is 6.89. The Hall–Kier alpha value is -0.690. The van der Waals surface area contributed by atoms with Crippen molar-refractivity contribution in [1.82, 2.24) is 4.90 Å². The zero-order chi connectivity index (χ0) is 7.56. The highest BCUT2D eigenvalue weighted by Gasteiger charge is 1.90. The Balaban J connectivity index is 2.65. The van der Waals surface area contributed by atoms with Crippen LogP contribution in [0, 0.1) is 6.92 Å². The van der Waals surface area contributed by atoms with Crippen LogP contribution in [0.25, 0.3) is 0 Å². The average Bonchev–Trinajstić information content (AvgIpc) is 2.15. The van der Waals surface area contributed by atoms with Gasteiger partial charge in [0.05, 0.1) is 0 Å². The molecule has 0 amide bonds. The predicted molar refractivity (Wildman–Crippen MR) is 44.2 cm³/mol. The molecule has 0 aromatic heterocycles. The molecule has 0 aliphatic heterocycles. The molecule has 1 aromatic carbocycles. The van der Waals surface area contributed by atoms with Gasteiger partial charge in [0.1, 0.15) is 0 Å².